The summed E-state index contributed by atoms with van der Waals surface area (Å²) in [5.41, 5.74) is -0.373. The van der Waals surface area contributed by atoms with Crippen molar-refractivity contribution in [2.24, 2.45) is 0 Å². The number of hydrogen-bond acceptors (Lipinski definition) is 4. The van der Waals surface area contributed by atoms with Gasteiger partial charge in [0.2, 0.25) is 0 Å². The van der Waals surface area contributed by atoms with Gasteiger partial charge < -0.3 is 10.4 Å². The van der Waals surface area contributed by atoms with Crippen LogP contribution >= 0.6 is 11.8 Å². The average molecular weight is 271 g/mol. The van der Waals surface area contributed by atoms with E-state index < -0.39 is 5.60 Å². The van der Waals surface area contributed by atoms with Crippen LogP contribution < -0.4 is 5.32 Å². The molecule has 0 fully saturated rings. The van der Waals surface area contributed by atoms with E-state index in [1.165, 1.54) is 0 Å². The number of nitrogens with one attached hydrogen (secondary N) is 1. The second-order valence-corrected chi connectivity index (χ2v) is 5.73. The Labute approximate surface area is 112 Å². The van der Waals surface area contributed by atoms with Crippen LogP contribution in [0.15, 0.2) is 12.3 Å². The second kappa shape index (κ2) is 6.24. The normalized spacial score (nSPS) is 14.6. The van der Waals surface area contributed by atoms with Gasteiger partial charge in [0.25, 0.3) is 5.91 Å². The lowest BCUT2D eigenvalue weighted by Crippen LogP contribution is -2.43. The summed E-state index contributed by atoms with van der Waals surface area (Å²) in [6.07, 6.45) is 3.53. The molecule has 1 rings (SSSR count). The number of amides is 1. The molecule has 0 aliphatic rings. The third-order valence-corrected chi connectivity index (χ3v) is 3.39. The Hall–Kier alpha value is -1.01. The largest absolute Gasteiger partial charge is 0.387 e. The van der Waals surface area contributed by atoms with E-state index in [0.717, 1.165) is 0 Å². The molecule has 0 aliphatic carbocycles. The third kappa shape index (κ3) is 4.03. The first-order valence-corrected chi connectivity index (χ1v) is 7.30. The Balaban J connectivity index is 2.63. The topological polar surface area (TPSA) is 67.2 Å². The second-order valence-electron chi connectivity index (χ2n) is 4.87. The number of hydrogen-bond donors (Lipinski definition) is 2. The fourth-order valence-electron chi connectivity index (χ4n) is 1.63. The van der Waals surface area contributed by atoms with Gasteiger partial charge in [-0.05, 0) is 33.1 Å². The number of aromatic nitrogens is 2. The number of aliphatic hydroxyl groups is 1. The standard InChI is InChI=1S/C12H21N3O2S/c1-9(2)15-10(5-6-14-15)11(16)13-7-12(3,17)8-18-4/h5-6,9,17H,7-8H2,1-4H3,(H,13,16). The molecule has 0 aliphatic heterocycles. The maximum atomic E-state index is 12.0. The van der Waals surface area contributed by atoms with E-state index in [1.807, 2.05) is 20.1 Å². The van der Waals surface area contributed by atoms with Gasteiger partial charge in [-0.2, -0.15) is 16.9 Å². The van der Waals surface area contributed by atoms with Crippen molar-refractivity contribution in [3.05, 3.63) is 18.0 Å². The van der Waals surface area contributed by atoms with Crippen LogP contribution in [0.2, 0.25) is 0 Å². The molecule has 1 unspecified atom stereocenters. The Morgan fingerprint density at radius 3 is 2.89 bits per heavy atom. The number of carbonyl (C=O) groups excluding carboxylic acids is 1. The highest BCUT2D eigenvalue weighted by Crippen LogP contribution is 2.11. The van der Waals surface area contributed by atoms with Gasteiger partial charge in [-0.15, -0.1) is 0 Å². The Bertz CT molecular complexity index is 402. The predicted molar refractivity (Wildman–Crippen MR) is 74.0 cm³/mol. The molecule has 0 spiro atoms. The Morgan fingerprint density at radius 2 is 2.33 bits per heavy atom. The summed E-state index contributed by atoms with van der Waals surface area (Å²) in [7, 11) is 0. The van der Waals surface area contributed by atoms with Crippen LogP contribution in [0.5, 0.6) is 0 Å². The molecule has 0 aromatic carbocycles. The summed E-state index contributed by atoms with van der Waals surface area (Å²) in [4.78, 5) is 12.0. The predicted octanol–water partition coefficient (Wildman–Crippen LogP) is 1.31. The average Bonchev–Trinajstić information content (AvgIpc) is 2.74. The van der Waals surface area contributed by atoms with E-state index in [4.69, 9.17) is 0 Å². The molecule has 1 amide bonds. The smallest absolute Gasteiger partial charge is 0.269 e. The lowest BCUT2D eigenvalue weighted by Gasteiger charge is -2.22. The first-order valence-electron chi connectivity index (χ1n) is 5.90. The number of nitrogens with zero attached hydrogens (tertiary/aromatic N) is 2. The van der Waals surface area contributed by atoms with Gasteiger partial charge in [-0.25, -0.2) is 0 Å². The van der Waals surface area contributed by atoms with Gasteiger partial charge in [-0.3, -0.25) is 9.48 Å². The van der Waals surface area contributed by atoms with Crippen LogP contribution in [-0.2, 0) is 0 Å². The molecule has 18 heavy (non-hydrogen) atoms. The molecule has 0 saturated heterocycles. The molecular weight excluding hydrogens is 250 g/mol. The zero-order valence-electron chi connectivity index (χ0n) is 11.3. The van der Waals surface area contributed by atoms with Crippen molar-refractivity contribution in [3.8, 4) is 0 Å². The summed E-state index contributed by atoms with van der Waals surface area (Å²) in [6.45, 7) is 5.88. The fourth-order valence-corrected chi connectivity index (χ4v) is 2.35. The van der Waals surface area contributed by atoms with Crippen molar-refractivity contribution in [2.75, 3.05) is 18.6 Å². The minimum atomic E-state index is -0.891. The maximum Gasteiger partial charge on any atom is 0.269 e. The van der Waals surface area contributed by atoms with E-state index in [1.54, 1.807) is 35.6 Å². The van der Waals surface area contributed by atoms with Gasteiger partial charge in [0, 0.05) is 24.5 Å². The number of carbonyl (C=O) groups is 1. The van der Waals surface area contributed by atoms with Gasteiger partial charge in [0.05, 0.1) is 5.60 Å². The fraction of sp³-hybridized carbons (Fsp3) is 0.667. The van der Waals surface area contributed by atoms with Crippen molar-refractivity contribution in [1.82, 2.24) is 15.1 Å². The first kappa shape index (κ1) is 15.0. The summed E-state index contributed by atoms with van der Waals surface area (Å²) < 4.78 is 1.67. The van der Waals surface area contributed by atoms with Crippen molar-refractivity contribution in [2.45, 2.75) is 32.4 Å². The molecule has 102 valence electrons. The van der Waals surface area contributed by atoms with E-state index in [-0.39, 0.29) is 18.5 Å². The quantitative estimate of drug-likeness (QED) is 0.818. The van der Waals surface area contributed by atoms with Crippen molar-refractivity contribution >= 4 is 17.7 Å². The lowest BCUT2D eigenvalue weighted by atomic mass is 10.1. The van der Waals surface area contributed by atoms with Crippen LogP contribution in [0.25, 0.3) is 0 Å². The van der Waals surface area contributed by atoms with E-state index in [2.05, 4.69) is 10.4 Å². The van der Waals surface area contributed by atoms with E-state index in [0.29, 0.717) is 11.4 Å². The number of thioether (sulfide) groups is 1. The van der Waals surface area contributed by atoms with Crippen molar-refractivity contribution in [3.63, 3.8) is 0 Å². The Morgan fingerprint density at radius 1 is 1.67 bits per heavy atom. The van der Waals surface area contributed by atoms with Crippen molar-refractivity contribution in [1.29, 1.82) is 0 Å². The molecule has 0 radical (unpaired) electrons. The molecule has 5 nitrogen and oxygen atoms in total. The summed E-state index contributed by atoms with van der Waals surface area (Å²) in [5.74, 6) is 0.374. The molecule has 2 N–H and O–H groups in total. The summed E-state index contributed by atoms with van der Waals surface area (Å²) in [5, 5.41) is 16.8. The van der Waals surface area contributed by atoms with E-state index in [9.17, 15) is 9.90 Å². The van der Waals surface area contributed by atoms with Crippen LogP contribution in [0.1, 0.15) is 37.3 Å². The van der Waals surface area contributed by atoms with Gasteiger partial charge >= 0.3 is 0 Å². The monoisotopic (exact) mass is 271 g/mol. The minimum Gasteiger partial charge on any atom is -0.387 e. The molecule has 1 atom stereocenters. The molecule has 0 bridgehead atoms. The minimum absolute atomic E-state index is 0.132. The van der Waals surface area contributed by atoms with Crippen LogP contribution in [0.4, 0.5) is 0 Å². The first-order chi connectivity index (χ1) is 8.37. The van der Waals surface area contributed by atoms with Crippen LogP contribution in [0.3, 0.4) is 0 Å². The van der Waals surface area contributed by atoms with Crippen LogP contribution in [0, 0.1) is 0 Å². The van der Waals surface area contributed by atoms with Crippen molar-refractivity contribution < 1.29 is 9.90 Å². The SMILES string of the molecule is CSCC(C)(O)CNC(=O)c1ccnn1C(C)C. The lowest BCUT2D eigenvalue weighted by molar-refractivity contribution is 0.0718. The highest BCUT2D eigenvalue weighted by Gasteiger charge is 2.22. The molecule has 1 aromatic heterocycles. The summed E-state index contributed by atoms with van der Waals surface area (Å²) in [6, 6.07) is 1.81. The molecule has 1 aromatic rings. The summed E-state index contributed by atoms with van der Waals surface area (Å²) >= 11 is 1.55. The molecular formula is C12H21N3O2S. The Kier molecular flexibility index (Phi) is 5.22. The zero-order chi connectivity index (χ0) is 13.8. The van der Waals surface area contributed by atoms with Gasteiger partial charge in [0.15, 0.2) is 0 Å². The zero-order valence-corrected chi connectivity index (χ0v) is 12.1. The molecule has 1 heterocycles. The highest BCUT2D eigenvalue weighted by molar-refractivity contribution is 7.98. The highest BCUT2D eigenvalue weighted by atomic mass is 32.2. The molecule has 6 heteroatoms. The van der Waals surface area contributed by atoms with E-state index >= 15 is 0 Å². The molecule has 0 saturated carbocycles. The van der Waals surface area contributed by atoms with Crippen LogP contribution in [-0.4, -0.2) is 44.9 Å². The maximum absolute atomic E-state index is 12.0. The van der Waals surface area contributed by atoms with Gasteiger partial charge in [-0.1, -0.05) is 0 Å². The van der Waals surface area contributed by atoms with Gasteiger partial charge in [0.1, 0.15) is 5.69 Å². The third-order valence-electron chi connectivity index (χ3n) is 2.48. The number of rotatable bonds is 6.